The molecule has 1 rings (SSSR count). The van der Waals surface area contributed by atoms with Crippen molar-refractivity contribution in [1.82, 2.24) is 10.6 Å². The first-order valence-corrected chi connectivity index (χ1v) is 10.8. The zero-order chi connectivity index (χ0) is 21.8. The van der Waals surface area contributed by atoms with Crippen LogP contribution in [0.15, 0.2) is 18.2 Å². The predicted octanol–water partition coefficient (Wildman–Crippen LogP) is 0.371. The Kier molecular flexibility index (Phi) is 11.8. The lowest BCUT2D eigenvalue weighted by Gasteiger charge is -2.23. The van der Waals surface area contributed by atoms with E-state index in [1.54, 1.807) is 0 Å². The molecule has 0 heterocycles. The Bertz CT molecular complexity index is 650. The molecule has 0 radical (unpaired) electrons. The Labute approximate surface area is 174 Å². The number of rotatable bonds is 13. The van der Waals surface area contributed by atoms with E-state index < -0.39 is 42.6 Å². The highest BCUT2D eigenvalue weighted by atomic mass is 32.2. The average molecular weight is 431 g/mol. The molecule has 2 amide bonds. The van der Waals surface area contributed by atoms with E-state index in [0.717, 1.165) is 12.1 Å². The summed E-state index contributed by atoms with van der Waals surface area (Å²) in [5.74, 6) is -2.98. The zero-order valence-corrected chi connectivity index (χ0v) is 17.2. The third kappa shape index (κ3) is 10.1. The van der Waals surface area contributed by atoms with E-state index in [1.165, 1.54) is 11.8 Å². The second kappa shape index (κ2) is 13.5. The highest BCUT2D eigenvalue weighted by molar-refractivity contribution is 7.98. The summed E-state index contributed by atoms with van der Waals surface area (Å²) in [6.07, 6.45) is 3.41. The molecule has 0 aliphatic carbocycles. The summed E-state index contributed by atoms with van der Waals surface area (Å²) < 4.78 is 26.6. The number of nitrogens with two attached hydrogens (primary N) is 1. The quantitative estimate of drug-likeness (QED) is 0.227. The molecular weight excluding hydrogens is 403 g/mol. The molecule has 1 aromatic rings. The lowest BCUT2D eigenvalue weighted by molar-refractivity contribution is -0.129. The Hall–Kier alpha value is -1.69. The zero-order valence-electron chi connectivity index (χ0n) is 16.4. The van der Waals surface area contributed by atoms with Gasteiger partial charge in [0.25, 0.3) is 0 Å². The maximum Gasteiger partial charge on any atom is 0.475 e. The Morgan fingerprint density at radius 3 is 2.34 bits per heavy atom. The molecular formula is C18H28BF2N3O4S. The molecule has 0 unspecified atom stereocenters. The van der Waals surface area contributed by atoms with Gasteiger partial charge in [-0.25, -0.2) is 8.78 Å². The van der Waals surface area contributed by atoms with Gasteiger partial charge in [-0.05, 0) is 61.9 Å². The summed E-state index contributed by atoms with van der Waals surface area (Å²) in [7, 11) is -1.73. The van der Waals surface area contributed by atoms with Crippen LogP contribution in [0.2, 0.25) is 0 Å². The molecule has 2 atom stereocenters. The maximum absolute atomic E-state index is 13.3. The molecule has 7 nitrogen and oxygen atoms in total. The van der Waals surface area contributed by atoms with Gasteiger partial charge < -0.3 is 26.4 Å². The molecule has 0 aliphatic rings. The van der Waals surface area contributed by atoms with Crippen molar-refractivity contribution < 1.29 is 28.4 Å². The maximum atomic E-state index is 13.3. The van der Waals surface area contributed by atoms with E-state index in [2.05, 4.69) is 10.6 Å². The van der Waals surface area contributed by atoms with E-state index in [1.807, 2.05) is 6.26 Å². The van der Waals surface area contributed by atoms with Gasteiger partial charge in [0.2, 0.25) is 11.8 Å². The number of hydrogen-bond donors (Lipinski definition) is 5. The molecule has 1 aromatic carbocycles. The first kappa shape index (κ1) is 25.4. The molecule has 0 aliphatic heterocycles. The molecule has 162 valence electrons. The first-order valence-electron chi connectivity index (χ1n) is 9.36. The van der Waals surface area contributed by atoms with Crippen LogP contribution in [0.5, 0.6) is 0 Å². The molecule has 29 heavy (non-hydrogen) atoms. The van der Waals surface area contributed by atoms with E-state index in [4.69, 9.17) is 5.73 Å². The summed E-state index contributed by atoms with van der Waals surface area (Å²) in [5, 5.41) is 24.0. The van der Waals surface area contributed by atoms with Crippen LogP contribution < -0.4 is 16.4 Å². The van der Waals surface area contributed by atoms with E-state index in [9.17, 15) is 28.4 Å². The van der Waals surface area contributed by atoms with Gasteiger partial charge in [0.05, 0.1) is 12.4 Å². The topological polar surface area (TPSA) is 125 Å². The standard InChI is InChI=1S/C18H28BF2N3O4S/c1-29-7-5-16(19(27)28)24-18(26)15(4-2-3-6-22)23-17(25)10-12-8-13(20)11-14(21)9-12/h8-9,11,15-16,27-28H,2-7,10,22H2,1H3,(H,23,25)(H,24,26)/t15-,16-/m0/s1. The fraction of sp³-hybridized carbons (Fsp3) is 0.556. The fourth-order valence-electron chi connectivity index (χ4n) is 2.73. The lowest BCUT2D eigenvalue weighted by Crippen LogP contribution is -2.54. The van der Waals surface area contributed by atoms with Crippen molar-refractivity contribution in [2.45, 2.75) is 44.1 Å². The van der Waals surface area contributed by atoms with Crippen LogP contribution in [0.4, 0.5) is 8.78 Å². The van der Waals surface area contributed by atoms with Crippen molar-refractivity contribution in [3.8, 4) is 0 Å². The molecule has 6 N–H and O–H groups in total. The second-order valence-electron chi connectivity index (χ2n) is 6.67. The number of carbonyl (C=O) groups is 2. The molecule has 0 saturated heterocycles. The van der Waals surface area contributed by atoms with Crippen molar-refractivity contribution in [1.29, 1.82) is 0 Å². The number of halogens is 2. The van der Waals surface area contributed by atoms with Crippen LogP contribution in [-0.4, -0.2) is 59.5 Å². The van der Waals surface area contributed by atoms with Crippen molar-refractivity contribution >= 4 is 30.7 Å². The normalized spacial score (nSPS) is 12.9. The number of thioether (sulfide) groups is 1. The van der Waals surface area contributed by atoms with Crippen molar-refractivity contribution in [3.05, 3.63) is 35.4 Å². The van der Waals surface area contributed by atoms with Crippen LogP contribution in [-0.2, 0) is 16.0 Å². The first-order chi connectivity index (χ1) is 13.8. The monoisotopic (exact) mass is 431 g/mol. The fourth-order valence-corrected chi connectivity index (χ4v) is 3.22. The third-order valence-corrected chi connectivity index (χ3v) is 4.85. The van der Waals surface area contributed by atoms with E-state index in [-0.39, 0.29) is 12.0 Å². The average Bonchev–Trinajstić information content (AvgIpc) is 2.63. The summed E-state index contributed by atoms with van der Waals surface area (Å²) in [6, 6.07) is 1.88. The molecule has 0 spiro atoms. The molecule has 0 aromatic heterocycles. The highest BCUT2D eigenvalue weighted by Gasteiger charge is 2.28. The van der Waals surface area contributed by atoms with Crippen LogP contribution in [0.25, 0.3) is 0 Å². The third-order valence-electron chi connectivity index (χ3n) is 4.21. The van der Waals surface area contributed by atoms with E-state index >= 15 is 0 Å². The van der Waals surface area contributed by atoms with Crippen LogP contribution in [0.1, 0.15) is 31.2 Å². The summed E-state index contributed by atoms with van der Waals surface area (Å²) in [6.45, 7) is 0.427. The Balaban J connectivity index is 2.78. The van der Waals surface area contributed by atoms with Crippen LogP contribution in [0.3, 0.4) is 0 Å². The lowest BCUT2D eigenvalue weighted by atomic mass is 9.77. The molecule has 0 fully saturated rings. The summed E-state index contributed by atoms with van der Waals surface area (Å²) in [5.41, 5.74) is 5.61. The highest BCUT2D eigenvalue weighted by Crippen LogP contribution is 2.10. The van der Waals surface area contributed by atoms with Gasteiger partial charge in [-0.1, -0.05) is 0 Å². The summed E-state index contributed by atoms with van der Waals surface area (Å²) in [4.78, 5) is 24.9. The SMILES string of the molecule is CSCC[C@H](NC(=O)[C@H](CCCCN)NC(=O)Cc1cc(F)cc(F)c1)B(O)O. The van der Waals surface area contributed by atoms with Gasteiger partial charge >= 0.3 is 7.12 Å². The molecule has 0 saturated carbocycles. The van der Waals surface area contributed by atoms with Crippen molar-refractivity contribution in [2.24, 2.45) is 5.73 Å². The molecule has 11 heteroatoms. The Morgan fingerprint density at radius 2 is 1.79 bits per heavy atom. The Morgan fingerprint density at radius 1 is 1.14 bits per heavy atom. The number of carbonyl (C=O) groups excluding carboxylic acids is 2. The van der Waals surface area contributed by atoms with Gasteiger partial charge in [-0.3, -0.25) is 9.59 Å². The van der Waals surface area contributed by atoms with Crippen molar-refractivity contribution in [3.63, 3.8) is 0 Å². The van der Waals surface area contributed by atoms with Crippen LogP contribution >= 0.6 is 11.8 Å². The minimum Gasteiger partial charge on any atom is -0.426 e. The van der Waals surface area contributed by atoms with Gasteiger partial charge in [-0.15, -0.1) is 0 Å². The second-order valence-corrected chi connectivity index (χ2v) is 7.65. The van der Waals surface area contributed by atoms with Gasteiger partial charge in [0, 0.05) is 6.07 Å². The largest absolute Gasteiger partial charge is 0.475 e. The van der Waals surface area contributed by atoms with E-state index in [0.29, 0.717) is 44.0 Å². The minimum absolute atomic E-state index is 0.143. The minimum atomic E-state index is -1.73. The smallest absolute Gasteiger partial charge is 0.426 e. The van der Waals surface area contributed by atoms with Gasteiger partial charge in [-0.2, -0.15) is 11.8 Å². The molecule has 0 bridgehead atoms. The number of nitrogens with one attached hydrogen (secondary N) is 2. The number of amides is 2. The van der Waals surface area contributed by atoms with Gasteiger partial charge in [0.15, 0.2) is 0 Å². The van der Waals surface area contributed by atoms with Gasteiger partial charge in [0.1, 0.15) is 17.7 Å². The summed E-state index contributed by atoms with van der Waals surface area (Å²) >= 11 is 1.50. The number of hydrogen-bond acceptors (Lipinski definition) is 6. The van der Waals surface area contributed by atoms with Crippen molar-refractivity contribution in [2.75, 3.05) is 18.6 Å². The predicted molar refractivity (Wildman–Crippen MR) is 110 cm³/mol. The number of benzene rings is 1. The van der Waals surface area contributed by atoms with Crippen LogP contribution in [0, 0.1) is 11.6 Å². The number of unbranched alkanes of at least 4 members (excludes halogenated alkanes) is 1.